The van der Waals surface area contributed by atoms with Gasteiger partial charge < -0.3 is 25.6 Å². The van der Waals surface area contributed by atoms with E-state index in [1.807, 2.05) is 68.4 Å². The number of nitrogens with two attached hydrogens (primary N) is 1. The molecule has 1 amide bonds. The summed E-state index contributed by atoms with van der Waals surface area (Å²) in [5, 5.41) is 11.4. The molecule has 1 unspecified atom stereocenters. The van der Waals surface area contributed by atoms with Gasteiger partial charge in [-0.25, -0.2) is 9.98 Å². The second-order valence-electron chi connectivity index (χ2n) is 8.82. The average molecular weight is 527 g/mol. The fourth-order valence-corrected chi connectivity index (χ4v) is 4.31. The van der Waals surface area contributed by atoms with Gasteiger partial charge in [0.05, 0.1) is 17.0 Å². The molecule has 39 heavy (non-hydrogen) atoms. The molecule has 1 aromatic heterocycles. The van der Waals surface area contributed by atoms with E-state index in [9.17, 15) is 4.79 Å². The SMILES string of the molecule is CC.CN1CCN(c2ncccc2C(=N)O/C(N)=N/C2N=C(c3ccccc3)c3ccccc3NC2=O)CC1. The summed E-state index contributed by atoms with van der Waals surface area (Å²) in [7, 11) is 2.08. The number of likely N-dealkylation sites (N-methyl/N-ethyl adjacent to an activating group) is 1. The summed E-state index contributed by atoms with van der Waals surface area (Å²) in [6, 6.07) is 20.2. The second kappa shape index (κ2) is 12.8. The van der Waals surface area contributed by atoms with Crippen LogP contribution in [-0.2, 0) is 9.53 Å². The number of para-hydroxylation sites is 1. The van der Waals surface area contributed by atoms with Gasteiger partial charge in [0.2, 0.25) is 12.1 Å². The summed E-state index contributed by atoms with van der Waals surface area (Å²) in [5.74, 6) is 0.00395. The third-order valence-corrected chi connectivity index (χ3v) is 6.26. The molecular weight excluding hydrogens is 492 g/mol. The molecular formula is C29H34N8O2. The third-order valence-electron chi connectivity index (χ3n) is 6.26. The van der Waals surface area contributed by atoms with Crippen LogP contribution in [0.3, 0.4) is 0 Å². The lowest BCUT2D eigenvalue weighted by molar-refractivity contribution is -0.117. The van der Waals surface area contributed by atoms with Crippen LogP contribution in [0.2, 0.25) is 0 Å². The average Bonchev–Trinajstić information content (AvgIpc) is 3.11. The quantitative estimate of drug-likeness (QED) is 0.353. The Hall–Kier alpha value is -4.57. The number of hydrogen-bond acceptors (Lipinski definition) is 8. The number of rotatable bonds is 4. The largest absolute Gasteiger partial charge is 0.407 e. The van der Waals surface area contributed by atoms with Crippen molar-refractivity contribution >= 4 is 35.0 Å². The van der Waals surface area contributed by atoms with Crippen LogP contribution < -0.4 is 16.0 Å². The Bertz CT molecular complexity index is 1360. The number of nitrogens with one attached hydrogen (secondary N) is 2. The first-order valence-corrected chi connectivity index (χ1v) is 13.0. The molecule has 0 aliphatic carbocycles. The van der Waals surface area contributed by atoms with Crippen molar-refractivity contribution in [1.82, 2.24) is 9.88 Å². The molecule has 3 aromatic rings. The van der Waals surface area contributed by atoms with Crippen LogP contribution in [0.1, 0.15) is 30.5 Å². The van der Waals surface area contributed by atoms with Gasteiger partial charge in [-0.3, -0.25) is 10.2 Å². The number of hydrogen-bond donors (Lipinski definition) is 3. The number of carbonyl (C=O) groups is 1. The number of benzene rings is 2. The topological polar surface area (TPSA) is 132 Å². The molecule has 5 rings (SSSR count). The van der Waals surface area contributed by atoms with E-state index in [2.05, 4.69) is 37.1 Å². The molecule has 0 spiro atoms. The van der Waals surface area contributed by atoms with Crippen molar-refractivity contribution in [3.63, 3.8) is 0 Å². The summed E-state index contributed by atoms with van der Waals surface area (Å²) in [6.45, 7) is 7.37. The molecule has 202 valence electrons. The number of piperazine rings is 1. The smallest absolute Gasteiger partial charge is 0.291 e. The predicted molar refractivity (Wildman–Crippen MR) is 156 cm³/mol. The molecule has 0 saturated carbocycles. The highest BCUT2D eigenvalue weighted by Gasteiger charge is 2.26. The van der Waals surface area contributed by atoms with E-state index >= 15 is 0 Å². The normalized spacial score (nSPS) is 17.6. The lowest BCUT2D eigenvalue weighted by Crippen LogP contribution is -2.45. The summed E-state index contributed by atoms with van der Waals surface area (Å²) < 4.78 is 5.58. The van der Waals surface area contributed by atoms with Crippen LogP contribution in [0.4, 0.5) is 11.5 Å². The molecule has 0 bridgehead atoms. The van der Waals surface area contributed by atoms with E-state index in [0.717, 1.165) is 37.3 Å². The Morgan fingerprint density at radius 1 is 1.03 bits per heavy atom. The van der Waals surface area contributed by atoms with Crippen LogP contribution in [-0.4, -0.2) is 72.8 Å². The van der Waals surface area contributed by atoms with Crippen LogP contribution in [0.25, 0.3) is 0 Å². The highest BCUT2D eigenvalue weighted by atomic mass is 16.5. The van der Waals surface area contributed by atoms with Gasteiger partial charge in [-0.2, -0.15) is 4.99 Å². The molecule has 0 radical (unpaired) electrons. The number of amidine groups is 1. The summed E-state index contributed by atoms with van der Waals surface area (Å²) in [5.41, 5.74) is 9.44. The minimum Gasteiger partial charge on any atom is -0.407 e. The van der Waals surface area contributed by atoms with Crippen molar-refractivity contribution in [3.05, 3.63) is 89.6 Å². The highest BCUT2D eigenvalue weighted by Crippen LogP contribution is 2.25. The maximum absolute atomic E-state index is 13.0. The first-order valence-electron chi connectivity index (χ1n) is 13.0. The fraction of sp³-hybridized carbons (Fsp3) is 0.276. The number of anilines is 2. The molecule has 2 aliphatic heterocycles. The van der Waals surface area contributed by atoms with Gasteiger partial charge in [-0.05, 0) is 25.2 Å². The van der Waals surface area contributed by atoms with Crippen molar-refractivity contribution in [2.75, 3.05) is 43.4 Å². The van der Waals surface area contributed by atoms with Crippen molar-refractivity contribution in [2.24, 2.45) is 15.7 Å². The minimum absolute atomic E-state index is 0.201. The lowest BCUT2D eigenvalue weighted by atomic mass is 10.0. The molecule has 10 nitrogen and oxygen atoms in total. The van der Waals surface area contributed by atoms with Crippen molar-refractivity contribution < 1.29 is 9.53 Å². The maximum Gasteiger partial charge on any atom is 0.291 e. The number of nitrogens with zero attached hydrogens (tertiary/aromatic N) is 5. The van der Waals surface area contributed by atoms with Gasteiger partial charge in [-0.15, -0.1) is 0 Å². The zero-order chi connectivity index (χ0) is 27.8. The molecule has 1 saturated heterocycles. The summed E-state index contributed by atoms with van der Waals surface area (Å²) >= 11 is 0. The van der Waals surface area contributed by atoms with Crippen molar-refractivity contribution in [1.29, 1.82) is 5.41 Å². The molecule has 2 aromatic carbocycles. The summed E-state index contributed by atoms with van der Waals surface area (Å²) in [4.78, 5) is 30.8. The van der Waals surface area contributed by atoms with E-state index < -0.39 is 12.1 Å². The van der Waals surface area contributed by atoms with Gasteiger partial charge in [0.25, 0.3) is 11.9 Å². The number of ether oxygens (including phenoxy) is 1. The zero-order valence-electron chi connectivity index (χ0n) is 22.5. The fourth-order valence-electron chi connectivity index (χ4n) is 4.31. The monoisotopic (exact) mass is 526 g/mol. The van der Waals surface area contributed by atoms with E-state index in [1.165, 1.54) is 0 Å². The van der Waals surface area contributed by atoms with Crippen molar-refractivity contribution in [3.8, 4) is 0 Å². The Labute approximate surface area is 228 Å². The summed E-state index contributed by atoms with van der Waals surface area (Å²) in [6.07, 6.45) is 0.497. The van der Waals surface area contributed by atoms with Crippen LogP contribution in [0, 0.1) is 5.41 Å². The number of amides is 1. The van der Waals surface area contributed by atoms with Crippen LogP contribution in [0.15, 0.2) is 82.9 Å². The number of pyridine rings is 1. The van der Waals surface area contributed by atoms with Gasteiger partial charge >= 0.3 is 0 Å². The minimum atomic E-state index is -1.19. The highest BCUT2D eigenvalue weighted by molar-refractivity contribution is 6.19. The molecule has 3 heterocycles. The second-order valence-corrected chi connectivity index (χ2v) is 8.82. The molecule has 4 N–H and O–H groups in total. The zero-order valence-corrected chi connectivity index (χ0v) is 22.5. The first kappa shape index (κ1) is 27.5. The van der Waals surface area contributed by atoms with Crippen LogP contribution in [0.5, 0.6) is 0 Å². The van der Waals surface area contributed by atoms with E-state index in [-0.39, 0.29) is 11.9 Å². The predicted octanol–water partition coefficient (Wildman–Crippen LogP) is 3.33. The molecule has 1 fully saturated rings. The third kappa shape index (κ3) is 6.47. The Morgan fingerprint density at radius 3 is 2.46 bits per heavy atom. The van der Waals surface area contributed by atoms with E-state index in [4.69, 9.17) is 15.9 Å². The first-order chi connectivity index (χ1) is 19.0. The van der Waals surface area contributed by atoms with Gasteiger partial charge in [0.15, 0.2) is 0 Å². The maximum atomic E-state index is 13.0. The molecule has 1 atom stereocenters. The standard InChI is InChI=1S/C27H28N8O2.C2H6/c1-34-14-16-35(17-15-34)25-20(11-7-13-30-25)23(28)37-27(29)33-24-26(36)31-21-12-6-5-10-19(21)22(32-24)18-8-3-2-4-9-18;1-2/h2-13,24,28H,14-17H2,1H3,(H2,29,33)(H,31,36);1-2H3. The van der Waals surface area contributed by atoms with Gasteiger partial charge in [0.1, 0.15) is 5.82 Å². The molecule has 10 heteroatoms. The molecule has 2 aliphatic rings. The number of carbonyl (C=O) groups excluding carboxylic acids is 1. The lowest BCUT2D eigenvalue weighted by Gasteiger charge is -2.34. The number of aromatic nitrogens is 1. The van der Waals surface area contributed by atoms with E-state index in [1.54, 1.807) is 18.3 Å². The Morgan fingerprint density at radius 2 is 1.72 bits per heavy atom. The van der Waals surface area contributed by atoms with Gasteiger partial charge in [0, 0.05) is 43.5 Å². The number of benzodiazepines with no additional fused rings is 1. The Kier molecular flexibility index (Phi) is 9.01. The number of aliphatic imine (C=N–C) groups is 2. The van der Waals surface area contributed by atoms with Gasteiger partial charge in [-0.1, -0.05) is 62.4 Å². The van der Waals surface area contributed by atoms with Crippen molar-refractivity contribution in [2.45, 2.75) is 20.0 Å². The Balaban J connectivity index is 0.00000172. The van der Waals surface area contributed by atoms with E-state index in [0.29, 0.717) is 22.8 Å². The van der Waals surface area contributed by atoms with Crippen LogP contribution >= 0.6 is 0 Å². The number of fused-ring (bicyclic) bond motifs is 1.